The Bertz CT molecular complexity index is 728. The predicted octanol–water partition coefficient (Wildman–Crippen LogP) is 3.72. The van der Waals surface area contributed by atoms with Crippen LogP contribution in [0.1, 0.15) is 23.7 Å². The van der Waals surface area contributed by atoms with Crippen molar-refractivity contribution in [2.24, 2.45) is 0 Å². The van der Waals surface area contributed by atoms with Crippen molar-refractivity contribution in [3.8, 4) is 0 Å². The predicted molar refractivity (Wildman–Crippen MR) is 97.5 cm³/mol. The van der Waals surface area contributed by atoms with E-state index >= 15 is 0 Å². The molecule has 0 fully saturated rings. The second kappa shape index (κ2) is 8.04. The first-order chi connectivity index (χ1) is 11.4. The molecule has 0 aliphatic carbocycles. The molecule has 0 heterocycles. The van der Waals surface area contributed by atoms with Crippen LogP contribution < -0.4 is 16.4 Å². The van der Waals surface area contributed by atoms with Gasteiger partial charge in [-0.05, 0) is 31.2 Å². The van der Waals surface area contributed by atoms with E-state index in [1.54, 1.807) is 31.2 Å². The van der Waals surface area contributed by atoms with Gasteiger partial charge in [0.2, 0.25) is 5.91 Å². The summed E-state index contributed by atoms with van der Waals surface area (Å²) in [5.74, 6) is -0.498. The number of rotatable bonds is 5. The molecule has 4 N–H and O–H groups in total. The summed E-state index contributed by atoms with van der Waals surface area (Å²) < 4.78 is 0. The number of halogens is 2. The second-order valence-electron chi connectivity index (χ2n) is 5.35. The Labute approximate surface area is 150 Å². The fourth-order valence-electron chi connectivity index (χ4n) is 2.09. The molecule has 1 atom stereocenters. The number of nitrogen functional groups attached to an aromatic ring is 1. The molecule has 2 rings (SSSR count). The third-order valence-corrected chi connectivity index (χ3v) is 3.89. The van der Waals surface area contributed by atoms with E-state index in [2.05, 4.69) is 10.6 Å². The maximum absolute atomic E-state index is 12.1. The van der Waals surface area contributed by atoms with Gasteiger partial charge in [0.15, 0.2) is 0 Å². The monoisotopic (exact) mass is 365 g/mol. The third-order valence-electron chi connectivity index (χ3n) is 3.27. The highest BCUT2D eigenvalue weighted by Crippen LogP contribution is 2.31. The first-order valence-electron chi connectivity index (χ1n) is 7.27. The van der Waals surface area contributed by atoms with Crippen LogP contribution >= 0.6 is 23.2 Å². The van der Waals surface area contributed by atoms with Gasteiger partial charge in [-0.2, -0.15) is 0 Å². The van der Waals surface area contributed by atoms with Crippen molar-refractivity contribution in [3.05, 3.63) is 58.1 Å². The number of anilines is 2. The molecular weight excluding hydrogens is 349 g/mol. The highest BCUT2D eigenvalue weighted by molar-refractivity contribution is 6.39. The van der Waals surface area contributed by atoms with Gasteiger partial charge in [0.05, 0.1) is 15.7 Å². The van der Waals surface area contributed by atoms with E-state index < -0.39 is 0 Å². The zero-order chi connectivity index (χ0) is 17.7. The molecule has 5 nitrogen and oxygen atoms in total. The minimum Gasteiger partial charge on any atom is -0.396 e. The molecule has 0 bridgehead atoms. The van der Waals surface area contributed by atoms with Gasteiger partial charge in [-0.25, -0.2) is 0 Å². The van der Waals surface area contributed by atoms with Crippen LogP contribution in [-0.4, -0.2) is 17.9 Å². The van der Waals surface area contributed by atoms with Crippen LogP contribution in [0.4, 0.5) is 11.4 Å². The molecule has 126 valence electrons. The van der Waals surface area contributed by atoms with Crippen molar-refractivity contribution in [2.45, 2.75) is 19.4 Å². The van der Waals surface area contributed by atoms with Crippen molar-refractivity contribution in [1.29, 1.82) is 0 Å². The van der Waals surface area contributed by atoms with Crippen LogP contribution in [0.2, 0.25) is 10.0 Å². The molecule has 0 saturated heterocycles. The van der Waals surface area contributed by atoms with Gasteiger partial charge in [-0.1, -0.05) is 41.4 Å². The summed E-state index contributed by atoms with van der Waals surface area (Å²) in [4.78, 5) is 24.1. The average molecular weight is 366 g/mol. The quantitative estimate of drug-likeness (QED) is 0.705. The molecule has 2 aromatic carbocycles. The maximum atomic E-state index is 12.1. The van der Waals surface area contributed by atoms with E-state index in [1.165, 1.54) is 12.1 Å². The Balaban J connectivity index is 1.91. The van der Waals surface area contributed by atoms with Gasteiger partial charge < -0.3 is 16.4 Å². The number of carbonyl (C=O) groups excluding carboxylic acids is 2. The van der Waals surface area contributed by atoms with Crippen LogP contribution in [0, 0.1) is 0 Å². The Morgan fingerprint density at radius 1 is 1.12 bits per heavy atom. The first kappa shape index (κ1) is 18.1. The lowest BCUT2D eigenvalue weighted by Gasteiger charge is -2.14. The van der Waals surface area contributed by atoms with Crippen LogP contribution in [0.3, 0.4) is 0 Å². The normalized spacial score (nSPS) is 11.6. The fourth-order valence-corrected chi connectivity index (χ4v) is 2.58. The lowest BCUT2D eigenvalue weighted by Crippen LogP contribution is -2.35. The van der Waals surface area contributed by atoms with E-state index in [0.29, 0.717) is 11.3 Å². The zero-order valence-corrected chi connectivity index (χ0v) is 14.5. The highest BCUT2D eigenvalue weighted by Gasteiger charge is 2.14. The Morgan fingerprint density at radius 3 is 2.29 bits per heavy atom. The standard InChI is InChI=1S/C17H17Cl2N3O2/c1-10(21-17(24)11-5-3-2-4-6-11)7-15(23)22-12-8-13(18)16(20)14(19)9-12/h2-6,8-10H,7,20H2,1H3,(H,21,24)(H,22,23). The summed E-state index contributed by atoms with van der Waals surface area (Å²) in [6.07, 6.45) is 0.109. The van der Waals surface area contributed by atoms with Crippen molar-refractivity contribution in [2.75, 3.05) is 11.1 Å². The topological polar surface area (TPSA) is 84.2 Å². The van der Waals surface area contributed by atoms with E-state index in [9.17, 15) is 9.59 Å². The molecule has 1 unspecified atom stereocenters. The van der Waals surface area contributed by atoms with Crippen molar-refractivity contribution >= 4 is 46.4 Å². The van der Waals surface area contributed by atoms with Crippen LogP contribution in [0.25, 0.3) is 0 Å². The smallest absolute Gasteiger partial charge is 0.251 e. The molecule has 0 saturated carbocycles. The molecule has 0 aliphatic rings. The second-order valence-corrected chi connectivity index (χ2v) is 6.16. The van der Waals surface area contributed by atoms with Crippen LogP contribution in [-0.2, 0) is 4.79 Å². The Hall–Kier alpha value is -2.24. The van der Waals surface area contributed by atoms with Crippen LogP contribution in [0.15, 0.2) is 42.5 Å². The summed E-state index contributed by atoms with van der Waals surface area (Å²) in [7, 11) is 0. The zero-order valence-electron chi connectivity index (χ0n) is 13.0. The number of benzene rings is 2. The van der Waals surface area contributed by atoms with Crippen molar-refractivity contribution in [1.82, 2.24) is 5.32 Å². The molecular formula is C17H17Cl2N3O2. The Kier molecular flexibility index (Phi) is 6.06. The van der Waals surface area contributed by atoms with E-state index in [4.69, 9.17) is 28.9 Å². The maximum Gasteiger partial charge on any atom is 0.251 e. The number of nitrogens with one attached hydrogen (secondary N) is 2. The molecule has 2 amide bonds. The minimum atomic E-state index is -0.336. The van der Waals surface area contributed by atoms with E-state index in [0.717, 1.165) is 0 Å². The summed E-state index contributed by atoms with van der Waals surface area (Å²) >= 11 is 11.9. The Morgan fingerprint density at radius 2 is 1.71 bits per heavy atom. The van der Waals surface area contributed by atoms with Crippen LogP contribution in [0.5, 0.6) is 0 Å². The fraction of sp³-hybridized carbons (Fsp3) is 0.176. The van der Waals surface area contributed by atoms with Gasteiger partial charge in [-0.15, -0.1) is 0 Å². The summed E-state index contributed by atoms with van der Waals surface area (Å²) in [6.45, 7) is 1.75. The molecule has 0 radical (unpaired) electrons. The number of hydrogen-bond acceptors (Lipinski definition) is 3. The van der Waals surface area contributed by atoms with Crippen molar-refractivity contribution < 1.29 is 9.59 Å². The first-order valence-corrected chi connectivity index (χ1v) is 8.02. The summed E-state index contributed by atoms with van der Waals surface area (Å²) in [6, 6.07) is 11.5. The van der Waals surface area contributed by atoms with Crippen molar-refractivity contribution in [3.63, 3.8) is 0 Å². The molecule has 2 aromatic rings. The van der Waals surface area contributed by atoms with E-state index in [-0.39, 0.29) is 40.0 Å². The van der Waals surface area contributed by atoms with Gasteiger partial charge in [-0.3, -0.25) is 9.59 Å². The van der Waals surface area contributed by atoms with Gasteiger partial charge >= 0.3 is 0 Å². The largest absolute Gasteiger partial charge is 0.396 e. The summed E-state index contributed by atoms with van der Waals surface area (Å²) in [5.41, 5.74) is 6.91. The molecule has 7 heteroatoms. The third kappa shape index (κ3) is 4.88. The lowest BCUT2D eigenvalue weighted by atomic mass is 10.1. The number of carbonyl (C=O) groups is 2. The lowest BCUT2D eigenvalue weighted by molar-refractivity contribution is -0.116. The average Bonchev–Trinajstić information content (AvgIpc) is 2.53. The van der Waals surface area contributed by atoms with Gasteiger partial charge in [0, 0.05) is 23.7 Å². The summed E-state index contributed by atoms with van der Waals surface area (Å²) in [5, 5.41) is 5.99. The molecule has 24 heavy (non-hydrogen) atoms. The molecule has 0 aromatic heterocycles. The van der Waals surface area contributed by atoms with Gasteiger partial charge in [0.25, 0.3) is 5.91 Å². The van der Waals surface area contributed by atoms with Gasteiger partial charge in [0.1, 0.15) is 0 Å². The molecule has 0 aliphatic heterocycles. The molecule has 0 spiro atoms. The number of amides is 2. The number of hydrogen-bond donors (Lipinski definition) is 3. The van der Waals surface area contributed by atoms with E-state index in [1.807, 2.05) is 6.07 Å². The highest BCUT2D eigenvalue weighted by atomic mass is 35.5. The minimum absolute atomic E-state index is 0.109. The number of nitrogens with two attached hydrogens (primary N) is 1. The SMILES string of the molecule is CC(CC(=O)Nc1cc(Cl)c(N)c(Cl)c1)NC(=O)c1ccccc1.